The smallest absolute Gasteiger partial charge is 0.296 e. The fourth-order valence-electron chi connectivity index (χ4n) is 4.13. The molecule has 0 fully saturated rings. The van der Waals surface area contributed by atoms with Crippen molar-refractivity contribution < 1.29 is 28.0 Å². The van der Waals surface area contributed by atoms with E-state index in [1.807, 2.05) is 0 Å². The molecule has 14 heteroatoms. The Morgan fingerprint density at radius 3 is 2.30 bits per heavy atom. The molecule has 202 valence electrons. The van der Waals surface area contributed by atoms with E-state index >= 15 is 0 Å². The lowest BCUT2D eigenvalue weighted by Gasteiger charge is -2.25. The first kappa shape index (κ1) is 27.5. The van der Waals surface area contributed by atoms with E-state index in [0.717, 1.165) is 35.4 Å². The average Bonchev–Trinajstić information content (AvgIpc) is 3.52. The summed E-state index contributed by atoms with van der Waals surface area (Å²) in [7, 11) is -4.17. The molecule has 1 unspecified atom stereocenters. The van der Waals surface area contributed by atoms with Crippen molar-refractivity contribution >= 4 is 66.9 Å². The maximum atomic E-state index is 13.6. The summed E-state index contributed by atoms with van der Waals surface area (Å²) in [5.74, 6) is -2.47. The first-order valence-corrected chi connectivity index (χ1v) is 14.3. The second kappa shape index (κ2) is 10.5. The van der Waals surface area contributed by atoms with Crippen molar-refractivity contribution in [2.24, 2.45) is 0 Å². The monoisotopic (exact) mass is 615 g/mol. The van der Waals surface area contributed by atoms with Crippen LogP contribution in [0.15, 0.2) is 99.4 Å². The summed E-state index contributed by atoms with van der Waals surface area (Å²) in [6.07, 6.45) is 1.03. The third kappa shape index (κ3) is 4.75. The van der Waals surface area contributed by atoms with Crippen molar-refractivity contribution in [3.8, 4) is 0 Å². The van der Waals surface area contributed by atoms with Gasteiger partial charge < -0.3 is 5.11 Å². The summed E-state index contributed by atoms with van der Waals surface area (Å²) in [6.45, 7) is 0. The molecular weight excluding hydrogens is 601 g/mol. The van der Waals surface area contributed by atoms with E-state index in [2.05, 4.69) is 4.98 Å². The standard InChI is InChI=1S/C26H15Cl2N3O7S2/c27-15-7-5-14(6-8-15)23(32)21-22(18-3-1-2-4-19(18)28)30(25(34)24(21)33)26-29-13-20(39-26)40(37,38)17-11-9-16(10-12-17)31(35)36/h1-13,22,33H. The molecule has 10 nitrogen and oxygen atoms in total. The minimum atomic E-state index is -4.17. The van der Waals surface area contributed by atoms with E-state index in [1.54, 1.807) is 24.3 Å². The molecule has 4 aromatic rings. The number of carbonyl (C=O) groups is 2. The van der Waals surface area contributed by atoms with Crippen molar-refractivity contribution in [2.75, 3.05) is 4.90 Å². The van der Waals surface area contributed by atoms with E-state index in [1.165, 1.54) is 24.3 Å². The van der Waals surface area contributed by atoms with E-state index in [9.17, 15) is 33.2 Å². The third-order valence-electron chi connectivity index (χ3n) is 6.06. The fraction of sp³-hybridized carbons (Fsp3) is 0.0385. The van der Waals surface area contributed by atoms with Crippen molar-refractivity contribution in [3.63, 3.8) is 0 Å². The van der Waals surface area contributed by atoms with Crippen LogP contribution in [-0.4, -0.2) is 35.1 Å². The molecule has 3 aromatic carbocycles. The Kier molecular flexibility index (Phi) is 7.19. The Labute approximate surface area is 240 Å². The summed E-state index contributed by atoms with van der Waals surface area (Å²) < 4.78 is 26.2. The van der Waals surface area contributed by atoms with E-state index in [4.69, 9.17) is 23.2 Å². The SMILES string of the molecule is O=C(C1=C(O)C(=O)N(c2ncc(S(=O)(=O)c3ccc([N+](=O)[O-])cc3)s2)C1c1ccccc1Cl)c1ccc(Cl)cc1. The number of halogens is 2. The molecule has 0 spiro atoms. The number of aliphatic hydroxyl groups is 1. The summed E-state index contributed by atoms with van der Waals surface area (Å²) in [6, 6.07) is 15.3. The van der Waals surface area contributed by atoms with Gasteiger partial charge in [-0.05, 0) is 48.0 Å². The van der Waals surface area contributed by atoms with Gasteiger partial charge in [-0.15, -0.1) is 0 Å². The molecule has 1 atom stereocenters. The predicted octanol–water partition coefficient (Wildman–Crippen LogP) is 5.97. The molecule has 40 heavy (non-hydrogen) atoms. The van der Waals surface area contributed by atoms with Crippen molar-refractivity contribution in [3.05, 3.63) is 122 Å². The summed E-state index contributed by atoms with van der Waals surface area (Å²) in [4.78, 5) is 42.2. The van der Waals surface area contributed by atoms with Crippen LogP contribution >= 0.6 is 34.5 Å². The van der Waals surface area contributed by atoms with Crippen LogP contribution in [0.2, 0.25) is 10.0 Å². The minimum Gasteiger partial charge on any atom is -0.503 e. The largest absolute Gasteiger partial charge is 0.503 e. The Balaban J connectivity index is 1.59. The van der Waals surface area contributed by atoms with Crippen LogP contribution in [0.5, 0.6) is 0 Å². The highest BCUT2D eigenvalue weighted by atomic mass is 35.5. The highest BCUT2D eigenvalue weighted by Gasteiger charge is 2.46. The number of nitrogens with zero attached hydrogens (tertiary/aromatic N) is 3. The second-order valence-electron chi connectivity index (χ2n) is 8.41. The minimum absolute atomic E-state index is 0.124. The van der Waals surface area contributed by atoms with Crippen molar-refractivity contribution in [1.29, 1.82) is 0 Å². The van der Waals surface area contributed by atoms with Crippen molar-refractivity contribution in [1.82, 2.24) is 4.98 Å². The van der Waals surface area contributed by atoms with E-state index in [0.29, 0.717) is 21.9 Å². The van der Waals surface area contributed by atoms with Crippen LogP contribution in [0, 0.1) is 10.1 Å². The number of hydrogen-bond donors (Lipinski definition) is 1. The lowest BCUT2D eigenvalue weighted by atomic mass is 9.93. The molecule has 1 aliphatic rings. The van der Waals surface area contributed by atoms with Gasteiger partial charge in [0.2, 0.25) is 9.84 Å². The van der Waals surface area contributed by atoms with Gasteiger partial charge in [0.1, 0.15) is 4.21 Å². The molecule has 1 aliphatic heterocycles. The van der Waals surface area contributed by atoms with Crippen molar-refractivity contribution in [2.45, 2.75) is 15.1 Å². The summed E-state index contributed by atoms with van der Waals surface area (Å²) >= 11 is 13.0. The number of aliphatic hydroxyl groups excluding tert-OH is 1. The molecule has 1 N–H and O–H groups in total. The number of thiazole rings is 1. The highest BCUT2D eigenvalue weighted by Crippen LogP contribution is 2.45. The Morgan fingerprint density at radius 2 is 1.68 bits per heavy atom. The Hall–Kier alpha value is -4.10. The zero-order chi connectivity index (χ0) is 28.8. The first-order valence-electron chi connectivity index (χ1n) is 11.3. The highest BCUT2D eigenvalue weighted by molar-refractivity contribution is 7.93. The fourth-order valence-corrected chi connectivity index (χ4v) is 7.04. The molecule has 1 amide bonds. The van der Waals surface area contributed by atoms with Gasteiger partial charge in [0.25, 0.3) is 11.6 Å². The predicted molar refractivity (Wildman–Crippen MR) is 148 cm³/mol. The van der Waals surface area contributed by atoms with Gasteiger partial charge in [-0.2, -0.15) is 0 Å². The maximum Gasteiger partial charge on any atom is 0.296 e. The van der Waals surface area contributed by atoms with Crippen LogP contribution in [0.25, 0.3) is 0 Å². The third-order valence-corrected chi connectivity index (χ3v) is 9.88. The number of non-ortho nitro benzene ring substituents is 1. The number of anilines is 1. The quantitative estimate of drug-likeness (QED) is 0.152. The molecule has 2 heterocycles. The molecular formula is C26H15Cl2N3O7S2. The van der Waals surface area contributed by atoms with Gasteiger partial charge >= 0.3 is 0 Å². The van der Waals surface area contributed by atoms with Gasteiger partial charge in [0.15, 0.2) is 16.7 Å². The maximum absolute atomic E-state index is 13.6. The van der Waals surface area contributed by atoms with Crippen LogP contribution in [0.1, 0.15) is 22.0 Å². The summed E-state index contributed by atoms with van der Waals surface area (Å²) in [5.41, 5.74) is -0.101. The number of hydrogen-bond acceptors (Lipinski definition) is 9. The second-order valence-corrected chi connectivity index (χ2v) is 12.4. The van der Waals surface area contributed by atoms with E-state index < -0.39 is 38.3 Å². The number of aromatic nitrogens is 1. The molecule has 1 aromatic heterocycles. The van der Waals surface area contributed by atoms with E-state index in [-0.39, 0.29) is 36.1 Å². The number of amides is 1. The summed E-state index contributed by atoms with van der Waals surface area (Å²) in [5, 5.41) is 22.3. The lowest BCUT2D eigenvalue weighted by molar-refractivity contribution is -0.384. The topological polar surface area (TPSA) is 148 Å². The van der Waals surface area contributed by atoms with Gasteiger partial charge in [0, 0.05) is 27.7 Å². The molecule has 0 saturated carbocycles. The zero-order valence-electron chi connectivity index (χ0n) is 19.9. The average molecular weight is 616 g/mol. The number of carbonyl (C=O) groups excluding carboxylic acids is 2. The van der Waals surface area contributed by atoms with Gasteiger partial charge in [-0.3, -0.25) is 24.6 Å². The first-order chi connectivity index (χ1) is 19.0. The Bertz CT molecular complexity index is 1820. The Morgan fingerprint density at radius 1 is 1.02 bits per heavy atom. The van der Waals surface area contributed by atoms with Crippen LogP contribution < -0.4 is 4.90 Å². The zero-order valence-corrected chi connectivity index (χ0v) is 23.0. The number of rotatable bonds is 7. The molecule has 0 saturated heterocycles. The number of nitro groups is 1. The van der Waals surface area contributed by atoms with Gasteiger partial charge in [-0.25, -0.2) is 13.4 Å². The van der Waals surface area contributed by atoms with Crippen LogP contribution in [-0.2, 0) is 14.6 Å². The number of nitro benzene ring substituents is 1. The van der Waals surface area contributed by atoms with Gasteiger partial charge in [0.05, 0.1) is 27.6 Å². The number of Topliss-reactive ketones (excluding diaryl/α,β-unsaturated/α-hetero) is 1. The van der Waals surface area contributed by atoms with Crippen LogP contribution in [0.3, 0.4) is 0 Å². The lowest BCUT2D eigenvalue weighted by Crippen LogP contribution is -2.31. The molecule has 0 bridgehead atoms. The molecule has 0 aliphatic carbocycles. The van der Waals surface area contributed by atoms with Crippen LogP contribution in [0.4, 0.5) is 10.8 Å². The normalized spacial score (nSPS) is 15.5. The molecule has 5 rings (SSSR count). The van der Waals surface area contributed by atoms with Gasteiger partial charge in [-0.1, -0.05) is 52.7 Å². The molecule has 0 radical (unpaired) electrons. The number of benzene rings is 3. The number of ketones is 1. The number of sulfone groups is 1.